The molecule has 0 aliphatic carbocycles. The summed E-state index contributed by atoms with van der Waals surface area (Å²) >= 11 is 0. The molecule has 1 fully saturated rings. The molecule has 0 unspecified atom stereocenters. The summed E-state index contributed by atoms with van der Waals surface area (Å²) in [5.74, 6) is 0. The Morgan fingerprint density at radius 1 is 1.50 bits per heavy atom. The van der Waals surface area contributed by atoms with Gasteiger partial charge in [-0.3, -0.25) is 0 Å². The summed E-state index contributed by atoms with van der Waals surface area (Å²) < 4.78 is 0. The Bertz CT molecular complexity index is 85.3. The van der Waals surface area contributed by atoms with Gasteiger partial charge in [-0.25, -0.2) is 0 Å². The van der Waals surface area contributed by atoms with Gasteiger partial charge in [0.15, 0.2) is 0 Å². The van der Waals surface area contributed by atoms with Crippen molar-refractivity contribution in [2.75, 3.05) is 27.2 Å². The van der Waals surface area contributed by atoms with E-state index in [1.165, 1.54) is 32.4 Å². The van der Waals surface area contributed by atoms with Crippen LogP contribution in [0.25, 0.3) is 0 Å². The van der Waals surface area contributed by atoms with Gasteiger partial charge in [0.2, 0.25) is 0 Å². The number of rotatable bonds is 3. The lowest BCUT2D eigenvalue weighted by molar-refractivity contribution is 0.371. The molecule has 1 aliphatic heterocycles. The molecule has 2 heteroatoms. The highest BCUT2D eigenvalue weighted by molar-refractivity contribution is 4.74. The average molecular weight is 142 g/mol. The quantitative estimate of drug-likeness (QED) is 0.623. The molecule has 0 spiro atoms. The molecule has 60 valence electrons. The van der Waals surface area contributed by atoms with Crippen molar-refractivity contribution in [3.8, 4) is 0 Å². The van der Waals surface area contributed by atoms with E-state index < -0.39 is 0 Å². The molecule has 10 heavy (non-hydrogen) atoms. The summed E-state index contributed by atoms with van der Waals surface area (Å²) in [7, 11) is 4.27. The van der Waals surface area contributed by atoms with Crippen LogP contribution in [0.4, 0.5) is 0 Å². The van der Waals surface area contributed by atoms with Crippen molar-refractivity contribution < 1.29 is 0 Å². The summed E-state index contributed by atoms with van der Waals surface area (Å²) in [6.07, 6.45) is 4.07. The van der Waals surface area contributed by atoms with Crippen LogP contribution >= 0.6 is 0 Å². The summed E-state index contributed by atoms with van der Waals surface area (Å²) in [5.41, 5.74) is 0. The molecule has 0 saturated carbocycles. The molecule has 1 rings (SSSR count). The molecule has 1 heterocycles. The van der Waals surface area contributed by atoms with Crippen LogP contribution in [0.3, 0.4) is 0 Å². The predicted octanol–water partition coefficient (Wildman–Crippen LogP) is 0.690. The molecular formula is C8H18N2. The maximum atomic E-state index is 3.49. The first-order valence-corrected chi connectivity index (χ1v) is 4.17. The van der Waals surface area contributed by atoms with Gasteiger partial charge in [0, 0.05) is 6.04 Å². The topological polar surface area (TPSA) is 15.3 Å². The lowest BCUT2D eigenvalue weighted by Gasteiger charge is -2.13. The lowest BCUT2D eigenvalue weighted by atomic mass is 10.1. The van der Waals surface area contributed by atoms with Gasteiger partial charge >= 0.3 is 0 Å². The van der Waals surface area contributed by atoms with E-state index in [1.54, 1.807) is 0 Å². The van der Waals surface area contributed by atoms with Gasteiger partial charge in [0.25, 0.3) is 0 Å². The van der Waals surface area contributed by atoms with Crippen LogP contribution in [-0.4, -0.2) is 38.1 Å². The molecule has 2 nitrogen and oxygen atoms in total. The third-order valence-corrected chi connectivity index (χ3v) is 2.09. The molecule has 0 aromatic heterocycles. The maximum Gasteiger partial charge on any atom is 0.00797 e. The first-order valence-electron chi connectivity index (χ1n) is 4.17. The van der Waals surface area contributed by atoms with E-state index in [0.29, 0.717) is 0 Å². The number of nitrogens with zero attached hydrogens (tertiary/aromatic N) is 1. The second-order valence-electron chi connectivity index (χ2n) is 3.39. The lowest BCUT2D eigenvalue weighted by Crippen LogP contribution is -2.26. The van der Waals surface area contributed by atoms with Crippen molar-refractivity contribution in [3.63, 3.8) is 0 Å². The van der Waals surface area contributed by atoms with Crippen molar-refractivity contribution >= 4 is 0 Å². The fourth-order valence-corrected chi connectivity index (χ4v) is 1.42. The fraction of sp³-hybridized carbons (Fsp3) is 1.00. The van der Waals surface area contributed by atoms with Crippen LogP contribution in [0.2, 0.25) is 0 Å². The van der Waals surface area contributed by atoms with E-state index >= 15 is 0 Å². The van der Waals surface area contributed by atoms with Gasteiger partial charge in [0.1, 0.15) is 0 Å². The third-order valence-electron chi connectivity index (χ3n) is 2.09. The number of nitrogens with one attached hydrogen (secondary N) is 1. The van der Waals surface area contributed by atoms with Crippen molar-refractivity contribution in [2.45, 2.75) is 25.3 Å². The zero-order chi connectivity index (χ0) is 7.40. The van der Waals surface area contributed by atoms with E-state index in [2.05, 4.69) is 24.3 Å². The molecule has 1 saturated heterocycles. The second kappa shape index (κ2) is 3.94. The minimum absolute atomic E-state index is 0.808. The van der Waals surface area contributed by atoms with Gasteiger partial charge < -0.3 is 10.2 Å². The highest BCUT2D eigenvalue weighted by Crippen LogP contribution is 2.08. The largest absolute Gasteiger partial charge is 0.314 e. The van der Waals surface area contributed by atoms with E-state index in [0.717, 1.165) is 6.04 Å². The summed E-state index contributed by atoms with van der Waals surface area (Å²) in [4.78, 5) is 2.25. The first kappa shape index (κ1) is 8.02. The Kier molecular flexibility index (Phi) is 3.16. The average Bonchev–Trinajstić information content (AvgIpc) is 2.34. The van der Waals surface area contributed by atoms with Crippen molar-refractivity contribution in [2.24, 2.45) is 0 Å². The highest BCUT2D eigenvalue weighted by atomic mass is 15.1. The van der Waals surface area contributed by atoms with Crippen LogP contribution in [0, 0.1) is 0 Å². The van der Waals surface area contributed by atoms with Crippen LogP contribution in [0.15, 0.2) is 0 Å². The highest BCUT2D eigenvalue weighted by Gasteiger charge is 2.12. The molecular weight excluding hydrogens is 124 g/mol. The number of hydrogen-bond donors (Lipinski definition) is 1. The van der Waals surface area contributed by atoms with E-state index in [9.17, 15) is 0 Å². The SMILES string of the molecule is CN(C)CC[C@H]1CCCN1. The Labute approximate surface area is 63.6 Å². The van der Waals surface area contributed by atoms with Crippen LogP contribution < -0.4 is 5.32 Å². The monoisotopic (exact) mass is 142 g/mol. The summed E-state index contributed by atoms with van der Waals surface area (Å²) in [6, 6.07) is 0.808. The van der Waals surface area contributed by atoms with Crippen LogP contribution in [-0.2, 0) is 0 Å². The van der Waals surface area contributed by atoms with Gasteiger partial charge in [-0.05, 0) is 46.4 Å². The smallest absolute Gasteiger partial charge is 0.00797 e. The zero-order valence-electron chi connectivity index (χ0n) is 7.06. The third kappa shape index (κ3) is 2.67. The molecule has 0 radical (unpaired) electrons. The van der Waals surface area contributed by atoms with Crippen molar-refractivity contribution in [3.05, 3.63) is 0 Å². The van der Waals surface area contributed by atoms with Crippen LogP contribution in [0.5, 0.6) is 0 Å². The Balaban J connectivity index is 2.01. The molecule has 0 aromatic rings. The Morgan fingerprint density at radius 3 is 2.80 bits per heavy atom. The van der Waals surface area contributed by atoms with Crippen molar-refractivity contribution in [1.29, 1.82) is 0 Å². The fourth-order valence-electron chi connectivity index (χ4n) is 1.42. The maximum absolute atomic E-state index is 3.49. The first-order chi connectivity index (χ1) is 4.79. The Morgan fingerprint density at radius 2 is 2.30 bits per heavy atom. The van der Waals surface area contributed by atoms with E-state index in [1.807, 2.05) is 0 Å². The predicted molar refractivity (Wildman–Crippen MR) is 44.2 cm³/mol. The molecule has 0 aromatic carbocycles. The Hall–Kier alpha value is -0.0800. The van der Waals surface area contributed by atoms with Crippen LogP contribution in [0.1, 0.15) is 19.3 Å². The molecule has 1 N–H and O–H groups in total. The molecule has 1 aliphatic rings. The standard InChI is InChI=1S/C8H18N2/c1-10(2)7-5-8-4-3-6-9-8/h8-9H,3-7H2,1-2H3/t8-/m1/s1. The van der Waals surface area contributed by atoms with E-state index in [4.69, 9.17) is 0 Å². The minimum Gasteiger partial charge on any atom is -0.314 e. The minimum atomic E-state index is 0.808. The second-order valence-corrected chi connectivity index (χ2v) is 3.39. The van der Waals surface area contributed by atoms with Gasteiger partial charge in [-0.15, -0.1) is 0 Å². The molecule has 0 bridgehead atoms. The zero-order valence-corrected chi connectivity index (χ0v) is 7.06. The number of hydrogen-bond acceptors (Lipinski definition) is 2. The normalized spacial score (nSPS) is 26.1. The summed E-state index contributed by atoms with van der Waals surface area (Å²) in [6.45, 7) is 2.45. The van der Waals surface area contributed by atoms with Gasteiger partial charge in [-0.2, -0.15) is 0 Å². The molecule has 1 atom stereocenters. The van der Waals surface area contributed by atoms with Gasteiger partial charge in [0.05, 0.1) is 0 Å². The van der Waals surface area contributed by atoms with Crippen molar-refractivity contribution in [1.82, 2.24) is 10.2 Å². The van der Waals surface area contributed by atoms with Gasteiger partial charge in [-0.1, -0.05) is 0 Å². The summed E-state index contributed by atoms with van der Waals surface area (Å²) in [5, 5.41) is 3.49. The molecule has 0 amide bonds. The van der Waals surface area contributed by atoms with E-state index in [-0.39, 0.29) is 0 Å².